The average molecular weight is 802 g/mol. The number of rotatable bonds is 3. The molecule has 0 atom stereocenters. The van der Waals surface area contributed by atoms with E-state index in [1.807, 2.05) is 0 Å². The van der Waals surface area contributed by atoms with E-state index in [0.29, 0.717) is 0 Å². The first kappa shape index (κ1) is 34.7. The fraction of sp³-hybridized carbons (Fsp3) is 0.0492. The highest BCUT2D eigenvalue weighted by molar-refractivity contribution is 6.35. The highest BCUT2D eigenvalue weighted by atomic mass is 16.3. The van der Waals surface area contributed by atoms with Crippen LogP contribution in [0.25, 0.3) is 126 Å². The second-order valence-electron chi connectivity index (χ2n) is 18.0. The minimum atomic E-state index is -0.0164. The Balaban J connectivity index is 0.980. The summed E-state index contributed by atoms with van der Waals surface area (Å²) in [7, 11) is 0. The SMILES string of the molecule is CC1(C)c2ccccc2-c2cc(-c3ccc4oc5ccc(-c6ccc7c(c6)c6ccccc6c6ccc8c9ccc%10ccccc%10c9n(-c9ccccc9)c8c67)cc5c4c3)ccc21. The first-order valence-electron chi connectivity index (χ1n) is 22.0. The van der Waals surface area contributed by atoms with Gasteiger partial charge in [0.1, 0.15) is 11.2 Å². The van der Waals surface area contributed by atoms with Crippen LogP contribution in [-0.4, -0.2) is 4.57 Å². The van der Waals surface area contributed by atoms with Crippen molar-refractivity contribution >= 4 is 86.8 Å². The molecule has 0 radical (unpaired) electrons. The van der Waals surface area contributed by atoms with Gasteiger partial charge < -0.3 is 8.98 Å². The summed E-state index contributed by atoms with van der Waals surface area (Å²) in [5, 5.41) is 14.8. The predicted molar refractivity (Wildman–Crippen MR) is 267 cm³/mol. The molecule has 0 saturated carbocycles. The summed E-state index contributed by atoms with van der Waals surface area (Å²) < 4.78 is 9.02. The molecule has 0 bridgehead atoms. The predicted octanol–water partition coefficient (Wildman–Crippen LogP) is 16.9. The lowest BCUT2D eigenvalue weighted by Crippen LogP contribution is -2.14. The van der Waals surface area contributed by atoms with E-state index in [-0.39, 0.29) is 5.41 Å². The summed E-state index contributed by atoms with van der Waals surface area (Å²) in [6, 6.07) is 74.2. The zero-order chi connectivity index (χ0) is 41.6. The third-order valence-corrected chi connectivity index (χ3v) is 14.3. The normalized spacial score (nSPS) is 13.4. The lowest BCUT2D eigenvalue weighted by molar-refractivity contribution is 0.660. The van der Waals surface area contributed by atoms with E-state index in [2.05, 4.69) is 219 Å². The lowest BCUT2D eigenvalue weighted by Gasteiger charge is -2.21. The van der Waals surface area contributed by atoms with Crippen molar-refractivity contribution < 1.29 is 4.42 Å². The summed E-state index contributed by atoms with van der Waals surface area (Å²) in [5.74, 6) is 0. The van der Waals surface area contributed by atoms with Crippen LogP contribution in [0.1, 0.15) is 25.0 Å². The van der Waals surface area contributed by atoms with E-state index in [0.717, 1.165) is 27.6 Å². The lowest BCUT2D eigenvalue weighted by atomic mass is 9.82. The van der Waals surface area contributed by atoms with E-state index in [1.165, 1.54) is 109 Å². The molecule has 13 aromatic rings. The van der Waals surface area contributed by atoms with Crippen LogP contribution in [-0.2, 0) is 5.41 Å². The van der Waals surface area contributed by atoms with E-state index in [1.54, 1.807) is 0 Å². The molecule has 0 aliphatic heterocycles. The van der Waals surface area contributed by atoms with E-state index >= 15 is 0 Å². The molecule has 63 heavy (non-hydrogen) atoms. The maximum absolute atomic E-state index is 6.50. The molecule has 0 unspecified atom stereocenters. The molecule has 14 rings (SSSR count). The Bertz CT molecular complexity index is 4110. The van der Waals surface area contributed by atoms with Crippen LogP contribution in [0.2, 0.25) is 0 Å². The van der Waals surface area contributed by atoms with Crippen molar-refractivity contribution in [2.45, 2.75) is 19.3 Å². The molecule has 2 nitrogen and oxygen atoms in total. The molecule has 0 fully saturated rings. The molecule has 2 heterocycles. The topological polar surface area (TPSA) is 18.1 Å². The van der Waals surface area contributed by atoms with Crippen molar-refractivity contribution in [3.63, 3.8) is 0 Å². The summed E-state index contributed by atoms with van der Waals surface area (Å²) in [6.07, 6.45) is 0. The smallest absolute Gasteiger partial charge is 0.135 e. The number of hydrogen-bond donors (Lipinski definition) is 0. The van der Waals surface area contributed by atoms with Crippen molar-refractivity contribution in [3.8, 4) is 39.1 Å². The van der Waals surface area contributed by atoms with Crippen molar-refractivity contribution in [3.05, 3.63) is 211 Å². The van der Waals surface area contributed by atoms with Crippen molar-refractivity contribution in [1.29, 1.82) is 0 Å². The Labute approximate surface area is 363 Å². The number of furan rings is 1. The highest BCUT2D eigenvalue weighted by Gasteiger charge is 2.35. The van der Waals surface area contributed by atoms with Gasteiger partial charge in [-0.2, -0.15) is 0 Å². The molecule has 0 spiro atoms. The Morgan fingerprint density at radius 2 is 0.873 bits per heavy atom. The molecule has 0 saturated heterocycles. The van der Waals surface area contributed by atoms with E-state index in [4.69, 9.17) is 4.42 Å². The van der Waals surface area contributed by atoms with Gasteiger partial charge in [0.05, 0.1) is 11.0 Å². The first-order valence-corrected chi connectivity index (χ1v) is 22.0. The van der Waals surface area contributed by atoms with Crippen LogP contribution in [0.4, 0.5) is 0 Å². The molecular weight excluding hydrogens is 763 g/mol. The van der Waals surface area contributed by atoms with Crippen LogP contribution in [0.5, 0.6) is 0 Å². The van der Waals surface area contributed by atoms with Gasteiger partial charge in [-0.05, 0) is 125 Å². The molecule has 0 N–H and O–H groups in total. The van der Waals surface area contributed by atoms with Gasteiger partial charge >= 0.3 is 0 Å². The molecule has 11 aromatic carbocycles. The Morgan fingerprint density at radius 1 is 0.349 bits per heavy atom. The number of aromatic nitrogens is 1. The number of hydrogen-bond acceptors (Lipinski definition) is 1. The second kappa shape index (κ2) is 12.6. The van der Waals surface area contributed by atoms with Crippen molar-refractivity contribution in [1.82, 2.24) is 4.57 Å². The highest BCUT2D eigenvalue weighted by Crippen LogP contribution is 2.50. The minimum Gasteiger partial charge on any atom is -0.456 e. The molecule has 1 aliphatic carbocycles. The fourth-order valence-electron chi connectivity index (χ4n) is 11.4. The van der Waals surface area contributed by atoms with Crippen LogP contribution >= 0.6 is 0 Å². The van der Waals surface area contributed by atoms with Gasteiger partial charge in [-0.15, -0.1) is 0 Å². The van der Waals surface area contributed by atoms with Crippen LogP contribution < -0.4 is 0 Å². The quantitative estimate of drug-likeness (QED) is 0.163. The summed E-state index contributed by atoms with van der Waals surface area (Å²) in [4.78, 5) is 0. The maximum Gasteiger partial charge on any atom is 0.135 e. The largest absolute Gasteiger partial charge is 0.456 e. The summed E-state index contributed by atoms with van der Waals surface area (Å²) in [5.41, 5.74) is 15.7. The second-order valence-corrected chi connectivity index (χ2v) is 18.0. The molecular formula is C61H39NO. The van der Waals surface area contributed by atoms with E-state index in [9.17, 15) is 0 Å². The third kappa shape index (κ3) is 4.78. The van der Waals surface area contributed by atoms with Gasteiger partial charge in [0, 0.05) is 43.4 Å². The Hall–Kier alpha value is -7.94. The molecule has 0 amide bonds. The molecule has 2 aromatic heterocycles. The number of fused-ring (bicyclic) bond motifs is 18. The van der Waals surface area contributed by atoms with Gasteiger partial charge in [-0.25, -0.2) is 0 Å². The van der Waals surface area contributed by atoms with E-state index < -0.39 is 0 Å². The average Bonchev–Trinajstić information content (AvgIpc) is 3.96. The molecule has 294 valence electrons. The van der Waals surface area contributed by atoms with Crippen molar-refractivity contribution in [2.24, 2.45) is 0 Å². The number of para-hydroxylation sites is 1. The maximum atomic E-state index is 6.50. The van der Waals surface area contributed by atoms with Crippen molar-refractivity contribution in [2.75, 3.05) is 0 Å². The van der Waals surface area contributed by atoms with Crippen LogP contribution in [0.3, 0.4) is 0 Å². The Morgan fingerprint density at radius 3 is 1.65 bits per heavy atom. The standard InChI is InChI=1S/C61H39NO/c1-61(2)54-19-11-10-18-45(54)51-33-38(22-29-55(51)61)40-24-31-57-53(35-40)52-34-39(23-30-56(52)63-57)37-21-25-47-50(32-37)44-17-9-8-16-43(44)46-27-28-49-48-26-20-36-12-6-7-15-42(36)59(48)62(60(49)58(46)47)41-13-4-3-5-14-41/h3-35H,1-2H3. The fourth-order valence-corrected chi connectivity index (χ4v) is 11.4. The Kier molecular flexibility index (Phi) is 6.93. The molecule has 1 aliphatic rings. The number of nitrogens with zero attached hydrogens (tertiary/aromatic N) is 1. The zero-order valence-electron chi connectivity index (χ0n) is 34.9. The monoisotopic (exact) mass is 801 g/mol. The molecule has 2 heteroatoms. The van der Waals surface area contributed by atoms with Crippen LogP contribution in [0, 0.1) is 0 Å². The minimum absolute atomic E-state index is 0.0164. The first-order chi connectivity index (χ1) is 31.0. The zero-order valence-corrected chi connectivity index (χ0v) is 34.9. The summed E-state index contributed by atoms with van der Waals surface area (Å²) >= 11 is 0. The third-order valence-electron chi connectivity index (χ3n) is 14.3. The van der Waals surface area contributed by atoms with Gasteiger partial charge in [-0.1, -0.05) is 166 Å². The number of benzene rings is 11. The summed E-state index contributed by atoms with van der Waals surface area (Å²) in [6.45, 7) is 4.68. The van der Waals surface area contributed by atoms with Crippen LogP contribution in [0.15, 0.2) is 205 Å². The van der Waals surface area contributed by atoms with Gasteiger partial charge in [-0.3, -0.25) is 0 Å². The van der Waals surface area contributed by atoms with Gasteiger partial charge in [0.25, 0.3) is 0 Å². The van der Waals surface area contributed by atoms with Gasteiger partial charge in [0.15, 0.2) is 0 Å². The van der Waals surface area contributed by atoms with Gasteiger partial charge in [0.2, 0.25) is 0 Å².